The summed E-state index contributed by atoms with van der Waals surface area (Å²) < 4.78 is 8.33. The number of amides is 2. The van der Waals surface area contributed by atoms with Gasteiger partial charge < -0.3 is 19.9 Å². The third-order valence-electron chi connectivity index (χ3n) is 5.74. The van der Waals surface area contributed by atoms with Gasteiger partial charge in [-0.3, -0.25) is 14.9 Å². The van der Waals surface area contributed by atoms with Gasteiger partial charge in [-0.25, -0.2) is 14.3 Å². The van der Waals surface area contributed by atoms with Gasteiger partial charge in [0.1, 0.15) is 11.2 Å². The average Bonchev–Trinajstić information content (AvgIpc) is 3.19. The predicted octanol–water partition coefficient (Wildman–Crippen LogP) is 3.76. The third kappa shape index (κ3) is 5.63. The van der Waals surface area contributed by atoms with Crippen molar-refractivity contribution in [1.82, 2.24) is 29.8 Å². The summed E-state index contributed by atoms with van der Waals surface area (Å²) in [5.41, 5.74) is -0.0739. The molecular formula is C26H30ClN7O4. The van der Waals surface area contributed by atoms with Crippen LogP contribution in [0.25, 0.3) is 16.4 Å². The van der Waals surface area contributed by atoms with Gasteiger partial charge in [-0.15, -0.1) is 5.10 Å². The maximum atomic E-state index is 13.6. The number of nitrogens with zero attached hydrogens (tertiary/aromatic N) is 4. The fourth-order valence-electron chi connectivity index (χ4n) is 4.12. The number of likely N-dealkylation sites (N-methyl/N-ethyl adjacent to an activating group) is 1. The van der Waals surface area contributed by atoms with E-state index in [1.54, 1.807) is 69.8 Å². The lowest BCUT2D eigenvalue weighted by molar-refractivity contribution is 0.0635. The van der Waals surface area contributed by atoms with Gasteiger partial charge in [-0.1, -0.05) is 23.7 Å². The zero-order chi connectivity index (χ0) is 27.6. The zero-order valence-electron chi connectivity index (χ0n) is 21.8. The second-order valence-electron chi connectivity index (χ2n) is 9.77. The van der Waals surface area contributed by atoms with Crippen LogP contribution in [-0.2, 0) is 11.3 Å². The van der Waals surface area contributed by atoms with Crippen LogP contribution in [-0.4, -0.2) is 50.4 Å². The summed E-state index contributed by atoms with van der Waals surface area (Å²) in [5.74, 6) is -0.531. The Labute approximate surface area is 224 Å². The first-order valence-electron chi connectivity index (χ1n) is 12.1. The number of ether oxygens (including phenoxy) is 1. The van der Waals surface area contributed by atoms with Crippen LogP contribution in [0.2, 0.25) is 5.02 Å². The number of aromatic nitrogens is 4. The maximum Gasteiger partial charge on any atom is 0.413 e. The highest BCUT2D eigenvalue weighted by Crippen LogP contribution is 2.25. The molecule has 0 spiro atoms. The van der Waals surface area contributed by atoms with E-state index in [-0.39, 0.29) is 22.6 Å². The second-order valence-corrected chi connectivity index (χ2v) is 10.2. The van der Waals surface area contributed by atoms with Gasteiger partial charge in [0.05, 0.1) is 16.5 Å². The van der Waals surface area contributed by atoms with E-state index in [0.29, 0.717) is 34.6 Å². The Kier molecular flexibility index (Phi) is 7.70. The number of nitrogens with one attached hydrogen (secondary N) is 3. The monoisotopic (exact) mass is 539 g/mol. The summed E-state index contributed by atoms with van der Waals surface area (Å²) in [6, 6.07) is 8.16. The highest BCUT2D eigenvalue weighted by Gasteiger charge is 2.27. The summed E-state index contributed by atoms with van der Waals surface area (Å²) in [4.78, 5) is 43.8. The molecule has 3 N–H and O–H groups in total. The van der Waals surface area contributed by atoms with Crippen molar-refractivity contribution in [1.29, 1.82) is 0 Å². The van der Waals surface area contributed by atoms with Crippen LogP contribution in [0, 0.1) is 0 Å². The number of rotatable bonds is 7. The molecular weight excluding hydrogens is 510 g/mol. The van der Waals surface area contributed by atoms with Gasteiger partial charge in [0, 0.05) is 31.2 Å². The number of carbonyl (C=O) groups is 2. The van der Waals surface area contributed by atoms with Crippen LogP contribution in [0.5, 0.6) is 0 Å². The summed E-state index contributed by atoms with van der Waals surface area (Å²) in [5, 5.41) is 14.3. The lowest BCUT2D eigenvalue weighted by Gasteiger charge is -2.21. The maximum absolute atomic E-state index is 13.6. The minimum absolute atomic E-state index is 0.000478. The minimum Gasteiger partial charge on any atom is -0.444 e. The van der Waals surface area contributed by atoms with Gasteiger partial charge >= 0.3 is 6.09 Å². The fourth-order valence-corrected chi connectivity index (χ4v) is 4.38. The van der Waals surface area contributed by atoms with E-state index in [0.717, 1.165) is 0 Å². The molecule has 11 nitrogen and oxygen atoms in total. The van der Waals surface area contributed by atoms with Crippen LogP contribution in [0.3, 0.4) is 0 Å². The summed E-state index contributed by atoms with van der Waals surface area (Å²) in [6.07, 6.45) is 2.39. The van der Waals surface area contributed by atoms with Crippen molar-refractivity contribution in [2.24, 2.45) is 0 Å². The highest BCUT2D eigenvalue weighted by molar-refractivity contribution is 6.35. The highest BCUT2D eigenvalue weighted by atomic mass is 35.5. The molecule has 0 aliphatic heterocycles. The Balaban J connectivity index is 1.72. The molecule has 0 saturated heterocycles. The second kappa shape index (κ2) is 10.8. The Morgan fingerprint density at radius 3 is 2.68 bits per heavy atom. The molecule has 4 aromatic rings. The topological polar surface area (TPSA) is 132 Å². The summed E-state index contributed by atoms with van der Waals surface area (Å²) in [7, 11) is 1.79. The first kappa shape index (κ1) is 27.1. The molecule has 0 radical (unpaired) electrons. The Morgan fingerprint density at radius 1 is 1.21 bits per heavy atom. The molecule has 1 atom stereocenters. The van der Waals surface area contributed by atoms with Crippen LogP contribution < -0.4 is 21.5 Å². The fraction of sp³-hybridized carbons (Fsp3) is 0.346. The largest absolute Gasteiger partial charge is 0.444 e. The van der Waals surface area contributed by atoms with Crippen LogP contribution in [0.4, 0.5) is 10.6 Å². The van der Waals surface area contributed by atoms with Crippen molar-refractivity contribution >= 4 is 45.8 Å². The molecule has 0 unspecified atom stereocenters. The van der Waals surface area contributed by atoms with Crippen LogP contribution >= 0.6 is 11.6 Å². The molecule has 38 heavy (non-hydrogen) atoms. The van der Waals surface area contributed by atoms with Gasteiger partial charge in [0.15, 0.2) is 11.5 Å². The average molecular weight is 540 g/mol. The Bertz CT molecular complexity index is 1570. The molecule has 3 heterocycles. The molecule has 0 fully saturated rings. The number of fused-ring (bicyclic) bond motifs is 2. The van der Waals surface area contributed by atoms with E-state index in [2.05, 4.69) is 26.0 Å². The predicted molar refractivity (Wildman–Crippen MR) is 146 cm³/mol. The van der Waals surface area contributed by atoms with Gasteiger partial charge in [-0.05, 0) is 58.3 Å². The molecule has 4 rings (SSSR count). The van der Waals surface area contributed by atoms with E-state index < -0.39 is 23.6 Å². The van der Waals surface area contributed by atoms with Crippen LogP contribution in [0.1, 0.15) is 49.8 Å². The van der Waals surface area contributed by atoms with E-state index in [1.165, 1.54) is 10.7 Å². The molecule has 2 amide bonds. The standard InChI is InChI=1S/C26H30ClN7O4/c1-15(18-14-16-8-6-9-17(27)19(16)24(36)33(18)13-11-28-5)30-23(35)20-21(31-25(37)38-26(2,3)4)32-34-12-7-10-29-22(20)34/h6-10,12,14-15,28H,11,13H2,1-5H3,(H,30,35)(H,31,32,37)/t15-/m0/s1. The lowest BCUT2D eigenvalue weighted by Crippen LogP contribution is -2.35. The van der Waals surface area contributed by atoms with Crippen molar-refractivity contribution in [2.75, 3.05) is 18.9 Å². The lowest BCUT2D eigenvalue weighted by atomic mass is 10.1. The number of hydrogen-bond acceptors (Lipinski definition) is 7. The molecule has 0 aliphatic rings. The molecule has 1 aromatic carbocycles. The van der Waals surface area contributed by atoms with E-state index in [1.807, 2.05) is 6.07 Å². The molecule has 12 heteroatoms. The number of pyridine rings is 1. The molecule has 0 bridgehead atoms. The van der Waals surface area contributed by atoms with Crippen molar-refractivity contribution in [3.63, 3.8) is 0 Å². The van der Waals surface area contributed by atoms with Crippen molar-refractivity contribution < 1.29 is 14.3 Å². The minimum atomic E-state index is -0.754. The van der Waals surface area contributed by atoms with Crippen molar-refractivity contribution in [3.8, 4) is 0 Å². The van der Waals surface area contributed by atoms with Crippen LogP contribution in [0.15, 0.2) is 47.5 Å². The quantitative estimate of drug-likeness (QED) is 0.326. The molecule has 200 valence electrons. The number of carbonyl (C=O) groups excluding carboxylic acids is 2. The Hall–Kier alpha value is -3.96. The van der Waals surface area contributed by atoms with Crippen molar-refractivity contribution in [3.05, 3.63) is 69.4 Å². The third-order valence-corrected chi connectivity index (χ3v) is 6.05. The van der Waals surface area contributed by atoms with E-state index >= 15 is 0 Å². The summed E-state index contributed by atoms with van der Waals surface area (Å²) >= 11 is 6.35. The SMILES string of the molecule is CNCCn1c([C@H](C)NC(=O)c2c(NC(=O)OC(C)(C)C)nn3cccnc23)cc2cccc(Cl)c2c1=O. The van der Waals surface area contributed by atoms with Crippen molar-refractivity contribution in [2.45, 2.75) is 45.9 Å². The first-order chi connectivity index (χ1) is 18.0. The van der Waals surface area contributed by atoms with Gasteiger partial charge in [-0.2, -0.15) is 0 Å². The smallest absolute Gasteiger partial charge is 0.413 e. The number of anilines is 1. The summed E-state index contributed by atoms with van der Waals surface area (Å²) in [6.45, 7) is 7.88. The van der Waals surface area contributed by atoms with Gasteiger partial charge in [0.2, 0.25) is 0 Å². The molecule has 0 aliphatic carbocycles. The molecule has 3 aromatic heterocycles. The normalized spacial score (nSPS) is 12.5. The number of halogens is 1. The number of benzene rings is 1. The first-order valence-corrected chi connectivity index (χ1v) is 12.5. The zero-order valence-corrected chi connectivity index (χ0v) is 22.6. The Morgan fingerprint density at radius 2 is 1.97 bits per heavy atom. The van der Waals surface area contributed by atoms with E-state index in [4.69, 9.17) is 16.3 Å². The molecule has 0 saturated carbocycles. The number of hydrogen-bond donors (Lipinski definition) is 3. The van der Waals surface area contributed by atoms with Gasteiger partial charge in [0.25, 0.3) is 11.5 Å². The van der Waals surface area contributed by atoms with E-state index in [9.17, 15) is 14.4 Å².